The fraction of sp³-hybridized carbons (Fsp3) is 0.471. The number of rotatable bonds is 5. The van der Waals surface area contributed by atoms with E-state index in [1.54, 1.807) is 24.3 Å². The molecule has 6 heteroatoms. The number of nitrogens with one attached hydrogen (secondary N) is 2. The summed E-state index contributed by atoms with van der Waals surface area (Å²) in [6.07, 6.45) is -2.26. The van der Waals surface area contributed by atoms with E-state index < -0.39 is 49.1 Å². The number of likely N-dealkylation sites (N-methyl/N-ethyl adjacent to an activating group) is 1. The van der Waals surface area contributed by atoms with Crippen LogP contribution in [0.3, 0.4) is 0 Å². The third-order valence-corrected chi connectivity index (χ3v) is 3.57. The smallest absolute Gasteiger partial charge is 0.246 e. The molecule has 6 nitrogen and oxygen atoms in total. The highest BCUT2D eigenvalue weighted by Gasteiger charge is 2.36. The molecule has 23 heavy (non-hydrogen) atoms. The Morgan fingerprint density at radius 1 is 1.35 bits per heavy atom. The number of hydrogen-bond donors (Lipinski definition) is 2. The minimum atomic E-state index is -1.35. The fourth-order valence-corrected chi connectivity index (χ4v) is 2.48. The van der Waals surface area contributed by atoms with E-state index in [0.29, 0.717) is 0 Å². The van der Waals surface area contributed by atoms with Crippen LogP contribution in [0.2, 0.25) is 0 Å². The van der Waals surface area contributed by atoms with Crippen LogP contribution in [0, 0.1) is 0 Å². The lowest BCUT2D eigenvalue weighted by Gasteiger charge is -2.28. The zero-order chi connectivity index (χ0) is 19.4. The van der Waals surface area contributed by atoms with Crippen LogP contribution in [0.25, 0.3) is 0 Å². The maximum absolute atomic E-state index is 13.1. The molecule has 5 atom stereocenters. The molecule has 1 aliphatic rings. The largest absolute Gasteiger partial charge is 0.357 e. The van der Waals surface area contributed by atoms with Gasteiger partial charge in [-0.3, -0.25) is 14.4 Å². The maximum Gasteiger partial charge on any atom is 0.246 e. The molecule has 1 unspecified atom stereocenters. The second-order valence-electron chi connectivity index (χ2n) is 5.28. The Kier molecular flexibility index (Phi) is 4.42. The van der Waals surface area contributed by atoms with Crippen molar-refractivity contribution in [3.8, 4) is 0 Å². The molecule has 2 rings (SSSR count). The third kappa shape index (κ3) is 4.31. The van der Waals surface area contributed by atoms with Gasteiger partial charge in [0.05, 0.1) is 0 Å². The molecule has 1 aromatic rings. The highest BCUT2D eigenvalue weighted by Crippen LogP contribution is 2.19. The number of benzene rings is 1. The molecular weight excluding hydrogens is 294 g/mol. The first-order chi connectivity index (χ1) is 12.3. The Bertz CT molecular complexity index is 674. The predicted molar refractivity (Wildman–Crippen MR) is 86.6 cm³/mol. The molecule has 1 heterocycles. The molecule has 2 N–H and O–H groups in total. The second kappa shape index (κ2) is 7.76. The van der Waals surface area contributed by atoms with Crippen molar-refractivity contribution >= 4 is 17.7 Å². The second-order valence-corrected chi connectivity index (χ2v) is 5.28. The number of carbonyl (C=O) groups is 3. The van der Waals surface area contributed by atoms with Crippen LogP contribution in [0.5, 0.6) is 0 Å². The Hall–Kier alpha value is -2.37. The minimum absolute atomic E-state index is 0.189. The van der Waals surface area contributed by atoms with E-state index in [1.165, 1.54) is 14.0 Å². The molecule has 0 aliphatic carbocycles. The molecule has 124 valence electrons. The third-order valence-electron chi connectivity index (χ3n) is 3.57. The van der Waals surface area contributed by atoms with Gasteiger partial charge in [0.15, 0.2) is 0 Å². The number of nitrogens with zero attached hydrogens (tertiary/aromatic N) is 1. The van der Waals surface area contributed by atoms with Gasteiger partial charge >= 0.3 is 0 Å². The first-order valence-electron chi connectivity index (χ1n) is 9.12. The van der Waals surface area contributed by atoms with E-state index in [1.807, 2.05) is 6.07 Å². The first-order valence-corrected chi connectivity index (χ1v) is 7.39. The van der Waals surface area contributed by atoms with Crippen molar-refractivity contribution < 1.29 is 18.5 Å². The molecule has 1 fully saturated rings. The molecule has 0 saturated carbocycles. The molecule has 1 aromatic carbocycles. The van der Waals surface area contributed by atoms with Crippen LogP contribution in [0.4, 0.5) is 0 Å². The SMILES string of the molecule is [2H][C@@H]1[C@H]([2H])[C@@H]([2H])N(C(=O)C(Cc2ccccc2)NC(C)=O)[C@H]1C(=O)NC. The van der Waals surface area contributed by atoms with Crippen LogP contribution in [-0.4, -0.2) is 48.3 Å². The van der Waals surface area contributed by atoms with Gasteiger partial charge in [-0.25, -0.2) is 0 Å². The van der Waals surface area contributed by atoms with Crippen molar-refractivity contribution in [3.05, 3.63) is 35.9 Å². The molecule has 1 saturated heterocycles. The Labute approximate surface area is 140 Å². The lowest BCUT2D eigenvalue weighted by atomic mass is 10.0. The zero-order valence-corrected chi connectivity index (χ0v) is 13.2. The van der Waals surface area contributed by atoms with Gasteiger partial charge in [0.25, 0.3) is 0 Å². The van der Waals surface area contributed by atoms with Crippen molar-refractivity contribution in [2.45, 2.75) is 38.2 Å². The fourth-order valence-electron chi connectivity index (χ4n) is 2.48. The summed E-state index contributed by atoms with van der Waals surface area (Å²) in [6, 6.07) is 6.84. The van der Waals surface area contributed by atoms with Crippen molar-refractivity contribution in [2.75, 3.05) is 13.6 Å². The number of amides is 3. The van der Waals surface area contributed by atoms with Crippen molar-refractivity contribution in [1.29, 1.82) is 0 Å². The normalized spacial score (nSPS) is 29.8. The van der Waals surface area contributed by atoms with Crippen molar-refractivity contribution in [2.24, 2.45) is 0 Å². The summed E-state index contributed by atoms with van der Waals surface area (Å²) in [7, 11) is 1.38. The van der Waals surface area contributed by atoms with E-state index in [2.05, 4.69) is 10.6 Å². The summed E-state index contributed by atoms with van der Waals surface area (Å²) in [6.45, 7) is -0.0658. The summed E-state index contributed by atoms with van der Waals surface area (Å²) in [5.41, 5.74) is 0.807. The van der Waals surface area contributed by atoms with Gasteiger partial charge in [0, 0.05) is 31.0 Å². The van der Waals surface area contributed by atoms with E-state index in [0.717, 1.165) is 10.5 Å². The Morgan fingerprint density at radius 3 is 2.65 bits per heavy atom. The number of hydrogen-bond acceptors (Lipinski definition) is 3. The molecule has 0 radical (unpaired) electrons. The van der Waals surface area contributed by atoms with E-state index in [9.17, 15) is 14.4 Å². The predicted octanol–water partition coefficient (Wildman–Crippen LogP) is 0.471. The Balaban J connectivity index is 2.32. The average Bonchev–Trinajstić information content (AvgIpc) is 2.84. The quantitative estimate of drug-likeness (QED) is 0.828. The van der Waals surface area contributed by atoms with Crippen LogP contribution in [0.1, 0.15) is 29.4 Å². The Morgan fingerprint density at radius 2 is 2.04 bits per heavy atom. The van der Waals surface area contributed by atoms with Crippen molar-refractivity contribution in [3.63, 3.8) is 0 Å². The van der Waals surface area contributed by atoms with Crippen LogP contribution >= 0.6 is 0 Å². The molecule has 3 amide bonds. The highest BCUT2D eigenvalue weighted by molar-refractivity contribution is 5.92. The molecule has 0 spiro atoms. The first kappa shape index (κ1) is 13.1. The van der Waals surface area contributed by atoms with Crippen LogP contribution in [-0.2, 0) is 20.8 Å². The van der Waals surface area contributed by atoms with Crippen molar-refractivity contribution in [1.82, 2.24) is 15.5 Å². The van der Waals surface area contributed by atoms with Gasteiger partial charge in [-0.2, -0.15) is 0 Å². The summed E-state index contributed by atoms with van der Waals surface area (Å²) >= 11 is 0. The van der Waals surface area contributed by atoms with Crippen LogP contribution < -0.4 is 10.6 Å². The lowest BCUT2D eigenvalue weighted by molar-refractivity contribution is -0.141. The van der Waals surface area contributed by atoms with Crippen LogP contribution in [0.15, 0.2) is 30.3 Å². The maximum atomic E-state index is 13.1. The van der Waals surface area contributed by atoms with Gasteiger partial charge in [-0.15, -0.1) is 0 Å². The molecular formula is C17H23N3O3. The topological polar surface area (TPSA) is 78.5 Å². The standard InChI is InChI=1S/C17H23N3O3/c1-12(21)19-14(11-13-7-4-3-5-8-13)17(23)20-10-6-9-15(20)16(22)18-2/h3-5,7-8,14-15H,6,9-11H2,1-2H3,(H,18,22)(H,19,21)/t14?,15-/m1/s1/i6D,9D,10D/t6-,9+,10+,14?,15+/m0. The average molecular weight is 320 g/mol. The monoisotopic (exact) mass is 320 g/mol. The molecule has 0 bridgehead atoms. The van der Waals surface area contributed by atoms with E-state index in [-0.39, 0.29) is 6.42 Å². The minimum Gasteiger partial charge on any atom is -0.357 e. The van der Waals surface area contributed by atoms with Gasteiger partial charge in [0.1, 0.15) is 12.1 Å². The highest BCUT2D eigenvalue weighted by atomic mass is 16.2. The molecule has 1 aliphatic heterocycles. The van der Waals surface area contributed by atoms with Gasteiger partial charge in [0.2, 0.25) is 17.7 Å². The summed E-state index contributed by atoms with van der Waals surface area (Å²) in [4.78, 5) is 37.7. The van der Waals surface area contributed by atoms with E-state index in [4.69, 9.17) is 4.11 Å². The summed E-state index contributed by atoms with van der Waals surface area (Å²) in [5, 5.41) is 4.95. The summed E-state index contributed by atoms with van der Waals surface area (Å²) in [5.74, 6) is -1.64. The molecule has 0 aromatic heterocycles. The van der Waals surface area contributed by atoms with Gasteiger partial charge in [-0.1, -0.05) is 30.3 Å². The summed E-state index contributed by atoms with van der Waals surface area (Å²) < 4.78 is 24.1. The number of likely N-dealkylation sites (tertiary alicyclic amines) is 1. The number of carbonyl (C=O) groups excluding carboxylic acids is 3. The van der Waals surface area contributed by atoms with E-state index >= 15 is 0 Å². The lowest BCUT2D eigenvalue weighted by Crippen LogP contribution is -2.53. The van der Waals surface area contributed by atoms with Gasteiger partial charge < -0.3 is 15.5 Å². The zero-order valence-electron chi connectivity index (χ0n) is 16.2. The van der Waals surface area contributed by atoms with Gasteiger partial charge in [-0.05, 0) is 18.4 Å².